The Kier molecular flexibility index (Phi) is 12.9. The first-order chi connectivity index (χ1) is 11.0. The second-order valence-electron chi connectivity index (χ2n) is 6.22. The van der Waals surface area contributed by atoms with Crippen LogP contribution in [-0.2, 0) is 6.42 Å². The molecule has 0 saturated heterocycles. The smallest absolute Gasteiger partial charge is 0.191 e. The molecule has 0 amide bonds. The van der Waals surface area contributed by atoms with Gasteiger partial charge >= 0.3 is 0 Å². The molecule has 0 bridgehead atoms. The SMILES string of the molecule is CCNC(=NCCN(C(C)C)C(C)C)NCCc1cccnc1.I. The van der Waals surface area contributed by atoms with E-state index in [9.17, 15) is 0 Å². The lowest BCUT2D eigenvalue weighted by Crippen LogP contribution is -2.41. The summed E-state index contributed by atoms with van der Waals surface area (Å²) in [5.41, 5.74) is 1.24. The third kappa shape index (κ3) is 9.42. The molecule has 0 atom stereocenters. The van der Waals surface area contributed by atoms with Crippen molar-refractivity contribution in [2.75, 3.05) is 26.2 Å². The number of aliphatic imine (C=N–C) groups is 1. The fourth-order valence-corrected chi connectivity index (χ4v) is 2.60. The average molecular weight is 447 g/mol. The molecule has 0 unspecified atom stereocenters. The van der Waals surface area contributed by atoms with Gasteiger partial charge in [0.15, 0.2) is 5.96 Å². The van der Waals surface area contributed by atoms with Crippen molar-refractivity contribution in [3.63, 3.8) is 0 Å². The van der Waals surface area contributed by atoms with E-state index in [1.807, 2.05) is 12.3 Å². The van der Waals surface area contributed by atoms with Gasteiger partial charge in [0.05, 0.1) is 6.54 Å². The zero-order valence-corrected chi connectivity index (χ0v) is 18.1. The molecule has 0 saturated carbocycles. The molecule has 0 spiro atoms. The highest BCUT2D eigenvalue weighted by Gasteiger charge is 2.12. The average Bonchev–Trinajstić information content (AvgIpc) is 2.51. The van der Waals surface area contributed by atoms with E-state index in [4.69, 9.17) is 0 Å². The zero-order valence-electron chi connectivity index (χ0n) is 15.7. The van der Waals surface area contributed by atoms with Crippen molar-refractivity contribution in [2.24, 2.45) is 4.99 Å². The number of nitrogens with one attached hydrogen (secondary N) is 2. The van der Waals surface area contributed by atoms with Crippen LogP contribution in [0.1, 0.15) is 40.2 Å². The first-order valence-electron chi connectivity index (χ1n) is 8.71. The molecule has 0 fully saturated rings. The Labute approximate surface area is 164 Å². The van der Waals surface area contributed by atoms with Crippen molar-refractivity contribution in [3.8, 4) is 0 Å². The maximum Gasteiger partial charge on any atom is 0.191 e. The summed E-state index contributed by atoms with van der Waals surface area (Å²) in [4.78, 5) is 11.3. The molecule has 5 nitrogen and oxygen atoms in total. The van der Waals surface area contributed by atoms with Gasteiger partial charge in [0.25, 0.3) is 0 Å². The molecule has 0 aliphatic heterocycles. The standard InChI is InChI=1S/C18H33N5.HI/c1-6-20-18(21-11-9-17-8-7-10-19-14-17)22-12-13-23(15(2)3)16(4)5;/h7-8,10,14-16H,6,9,11-13H2,1-5H3,(H2,20,21,22);1H. The van der Waals surface area contributed by atoms with Crippen molar-refractivity contribution in [2.45, 2.75) is 53.1 Å². The van der Waals surface area contributed by atoms with E-state index in [0.717, 1.165) is 38.6 Å². The van der Waals surface area contributed by atoms with Gasteiger partial charge in [-0.05, 0) is 52.7 Å². The minimum Gasteiger partial charge on any atom is -0.357 e. The van der Waals surface area contributed by atoms with Crippen LogP contribution in [0.15, 0.2) is 29.5 Å². The lowest BCUT2D eigenvalue weighted by Gasteiger charge is -2.29. The maximum atomic E-state index is 4.69. The molecule has 0 aliphatic rings. The molecule has 6 heteroatoms. The minimum absolute atomic E-state index is 0. The third-order valence-electron chi connectivity index (χ3n) is 3.73. The molecule has 1 heterocycles. The molecule has 1 aromatic heterocycles. The van der Waals surface area contributed by atoms with Gasteiger partial charge in [-0.2, -0.15) is 0 Å². The van der Waals surface area contributed by atoms with Gasteiger partial charge in [0.1, 0.15) is 0 Å². The maximum absolute atomic E-state index is 4.69. The number of hydrogen-bond acceptors (Lipinski definition) is 3. The molecular formula is C18H34IN5. The summed E-state index contributed by atoms with van der Waals surface area (Å²) in [6.45, 7) is 14.6. The number of rotatable bonds is 9. The highest BCUT2D eigenvalue weighted by molar-refractivity contribution is 14.0. The van der Waals surface area contributed by atoms with Crippen LogP contribution in [0, 0.1) is 0 Å². The van der Waals surface area contributed by atoms with Crippen LogP contribution in [0.25, 0.3) is 0 Å². The van der Waals surface area contributed by atoms with Crippen LogP contribution in [-0.4, -0.2) is 54.1 Å². The summed E-state index contributed by atoms with van der Waals surface area (Å²) in [7, 11) is 0. The molecule has 0 radical (unpaired) electrons. The fraction of sp³-hybridized carbons (Fsp3) is 0.667. The van der Waals surface area contributed by atoms with E-state index in [1.54, 1.807) is 6.20 Å². The first kappa shape index (κ1) is 23.1. The summed E-state index contributed by atoms with van der Waals surface area (Å²) in [5.74, 6) is 0.892. The van der Waals surface area contributed by atoms with Crippen molar-refractivity contribution < 1.29 is 0 Å². The van der Waals surface area contributed by atoms with Crippen LogP contribution >= 0.6 is 24.0 Å². The van der Waals surface area contributed by atoms with Crippen molar-refractivity contribution >= 4 is 29.9 Å². The van der Waals surface area contributed by atoms with Crippen molar-refractivity contribution in [1.29, 1.82) is 0 Å². The normalized spacial score (nSPS) is 11.8. The third-order valence-corrected chi connectivity index (χ3v) is 3.73. The number of aromatic nitrogens is 1. The van der Waals surface area contributed by atoms with Crippen LogP contribution in [0.2, 0.25) is 0 Å². The van der Waals surface area contributed by atoms with E-state index >= 15 is 0 Å². The second kappa shape index (κ2) is 13.4. The van der Waals surface area contributed by atoms with Gasteiger partial charge in [0.2, 0.25) is 0 Å². The molecule has 0 aliphatic carbocycles. The molecule has 2 N–H and O–H groups in total. The van der Waals surface area contributed by atoms with E-state index in [2.05, 4.69) is 66.2 Å². The molecule has 1 rings (SSSR count). The summed E-state index contributed by atoms with van der Waals surface area (Å²) >= 11 is 0. The lowest BCUT2D eigenvalue weighted by molar-refractivity contribution is 0.181. The molecular weight excluding hydrogens is 413 g/mol. The summed E-state index contributed by atoms with van der Waals surface area (Å²) < 4.78 is 0. The topological polar surface area (TPSA) is 52.6 Å². The zero-order chi connectivity index (χ0) is 17.1. The quantitative estimate of drug-likeness (QED) is 0.347. The Bertz CT molecular complexity index is 440. The summed E-state index contributed by atoms with van der Waals surface area (Å²) in [6.07, 6.45) is 4.66. The van der Waals surface area contributed by atoms with Crippen molar-refractivity contribution in [3.05, 3.63) is 30.1 Å². The van der Waals surface area contributed by atoms with Crippen LogP contribution in [0.4, 0.5) is 0 Å². The Morgan fingerprint density at radius 1 is 1.21 bits per heavy atom. The van der Waals surface area contributed by atoms with Crippen molar-refractivity contribution in [1.82, 2.24) is 20.5 Å². The minimum atomic E-state index is 0. The van der Waals surface area contributed by atoms with Gasteiger partial charge in [-0.15, -0.1) is 24.0 Å². The van der Waals surface area contributed by atoms with Gasteiger partial charge < -0.3 is 10.6 Å². The Hall–Kier alpha value is -0.890. The largest absolute Gasteiger partial charge is 0.357 e. The number of nitrogens with zero attached hydrogens (tertiary/aromatic N) is 3. The van der Waals surface area contributed by atoms with Gasteiger partial charge in [-0.1, -0.05) is 6.07 Å². The Morgan fingerprint density at radius 3 is 2.46 bits per heavy atom. The molecule has 1 aromatic rings. The summed E-state index contributed by atoms with van der Waals surface area (Å²) in [5, 5.41) is 6.70. The summed E-state index contributed by atoms with van der Waals surface area (Å²) in [6, 6.07) is 5.17. The monoisotopic (exact) mass is 447 g/mol. The Morgan fingerprint density at radius 2 is 1.92 bits per heavy atom. The lowest BCUT2D eigenvalue weighted by atomic mass is 10.2. The number of pyridine rings is 1. The van der Waals surface area contributed by atoms with Crippen LogP contribution < -0.4 is 10.6 Å². The van der Waals surface area contributed by atoms with Crippen LogP contribution in [0.3, 0.4) is 0 Å². The van der Waals surface area contributed by atoms with Gasteiger partial charge in [0, 0.05) is 44.1 Å². The Balaban J connectivity index is 0.00000529. The fourth-order valence-electron chi connectivity index (χ4n) is 2.60. The molecule has 24 heavy (non-hydrogen) atoms. The van der Waals surface area contributed by atoms with Gasteiger partial charge in [-0.25, -0.2) is 0 Å². The van der Waals surface area contributed by atoms with Crippen LogP contribution in [0.5, 0.6) is 0 Å². The van der Waals surface area contributed by atoms with Gasteiger partial charge in [-0.3, -0.25) is 14.9 Å². The predicted molar refractivity (Wildman–Crippen MR) is 114 cm³/mol. The highest BCUT2D eigenvalue weighted by atomic mass is 127. The van der Waals surface area contributed by atoms with E-state index in [-0.39, 0.29) is 24.0 Å². The second-order valence-corrected chi connectivity index (χ2v) is 6.22. The van der Waals surface area contributed by atoms with E-state index < -0.39 is 0 Å². The number of hydrogen-bond donors (Lipinski definition) is 2. The van der Waals surface area contributed by atoms with E-state index in [1.165, 1.54) is 5.56 Å². The first-order valence-corrected chi connectivity index (χ1v) is 8.71. The predicted octanol–water partition coefficient (Wildman–Crippen LogP) is 2.92. The number of halogens is 1. The molecule has 0 aromatic carbocycles. The highest BCUT2D eigenvalue weighted by Crippen LogP contribution is 2.03. The number of guanidine groups is 1. The van der Waals surface area contributed by atoms with E-state index in [0.29, 0.717) is 12.1 Å². The molecule has 138 valence electrons.